The Morgan fingerprint density at radius 2 is 2.00 bits per heavy atom. The van der Waals surface area contributed by atoms with Crippen molar-refractivity contribution >= 4 is 15.7 Å². The highest BCUT2D eigenvalue weighted by Crippen LogP contribution is 2.29. The molecule has 2 aromatic rings. The monoisotopic (exact) mass is 334 g/mol. The van der Waals surface area contributed by atoms with E-state index < -0.39 is 15.1 Å². The number of rotatable bonds is 2. The summed E-state index contributed by atoms with van der Waals surface area (Å²) in [7, 11) is -3.29. The van der Waals surface area contributed by atoms with Crippen molar-refractivity contribution in [3.63, 3.8) is 0 Å². The average Bonchev–Trinajstić information content (AvgIpc) is 2.90. The van der Waals surface area contributed by atoms with Crippen LogP contribution in [0.25, 0.3) is 0 Å². The molecule has 1 aliphatic rings. The zero-order valence-electron chi connectivity index (χ0n) is 12.8. The highest BCUT2D eigenvalue weighted by Gasteiger charge is 2.33. The van der Waals surface area contributed by atoms with Gasteiger partial charge in [-0.05, 0) is 18.9 Å². The largest absolute Gasteiger partial charge is 0.361 e. The van der Waals surface area contributed by atoms with Crippen LogP contribution in [0.2, 0.25) is 0 Å². The summed E-state index contributed by atoms with van der Waals surface area (Å²) in [6, 6.07) is 10.7. The number of carbonyl (C=O) groups excluding carboxylic acids is 1. The number of nitrogens with zero attached hydrogens (tertiary/aromatic N) is 2. The van der Waals surface area contributed by atoms with Gasteiger partial charge in [0.2, 0.25) is 0 Å². The molecule has 3 rings (SSSR count). The molecule has 1 aromatic carbocycles. The Kier molecular flexibility index (Phi) is 4.21. The van der Waals surface area contributed by atoms with Gasteiger partial charge >= 0.3 is 0 Å². The second kappa shape index (κ2) is 6.16. The van der Waals surface area contributed by atoms with Crippen molar-refractivity contribution in [2.75, 3.05) is 18.8 Å². The van der Waals surface area contributed by atoms with Crippen molar-refractivity contribution in [2.24, 2.45) is 0 Å². The maximum atomic E-state index is 12.5. The molecule has 1 saturated heterocycles. The third-order valence-electron chi connectivity index (χ3n) is 4.05. The lowest BCUT2D eigenvalue weighted by Crippen LogP contribution is -2.33. The van der Waals surface area contributed by atoms with E-state index in [4.69, 9.17) is 4.52 Å². The van der Waals surface area contributed by atoms with Gasteiger partial charge in [-0.2, -0.15) is 0 Å². The first kappa shape index (κ1) is 15.7. The van der Waals surface area contributed by atoms with Crippen molar-refractivity contribution in [1.82, 2.24) is 10.1 Å². The minimum atomic E-state index is -3.29. The maximum Gasteiger partial charge on any atom is 0.276 e. The lowest BCUT2D eigenvalue weighted by atomic mass is 10.1. The van der Waals surface area contributed by atoms with E-state index in [1.54, 1.807) is 13.0 Å². The Bertz CT molecular complexity index is 798. The predicted molar refractivity (Wildman–Crippen MR) is 84.7 cm³/mol. The smallest absolute Gasteiger partial charge is 0.276 e. The fourth-order valence-corrected chi connectivity index (χ4v) is 4.61. The van der Waals surface area contributed by atoms with Crippen molar-refractivity contribution in [3.05, 3.63) is 53.4 Å². The third kappa shape index (κ3) is 3.29. The number of benzene rings is 1. The first-order valence-electron chi connectivity index (χ1n) is 7.46. The Labute approximate surface area is 135 Å². The highest BCUT2D eigenvalue weighted by atomic mass is 32.2. The summed E-state index contributed by atoms with van der Waals surface area (Å²) < 4.78 is 30.0. The van der Waals surface area contributed by atoms with Crippen LogP contribution in [-0.4, -0.2) is 43.2 Å². The molecule has 0 bridgehead atoms. The molecular weight excluding hydrogens is 316 g/mol. The third-order valence-corrected chi connectivity index (χ3v) is 6.17. The minimum Gasteiger partial charge on any atom is -0.361 e. The van der Waals surface area contributed by atoms with Gasteiger partial charge in [-0.25, -0.2) is 8.42 Å². The van der Waals surface area contributed by atoms with Gasteiger partial charge in [-0.15, -0.1) is 0 Å². The van der Waals surface area contributed by atoms with Gasteiger partial charge in [-0.1, -0.05) is 35.5 Å². The van der Waals surface area contributed by atoms with Crippen LogP contribution in [0.5, 0.6) is 0 Å². The zero-order valence-corrected chi connectivity index (χ0v) is 13.6. The van der Waals surface area contributed by atoms with Gasteiger partial charge in [0.05, 0.1) is 11.0 Å². The Morgan fingerprint density at radius 3 is 2.65 bits per heavy atom. The maximum absolute atomic E-state index is 12.5. The van der Waals surface area contributed by atoms with E-state index in [1.807, 2.05) is 30.3 Å². The molecule has 1 aromatic heterocycles. The second-order valence-electron chi connectivity index (χ2n) is 5.67. The molecule has 23 heavy (non-hydrogen) atoms. The molecule has 1 amide bonds. The van der Waals surface area contributed by atoms with E-state index >= 15 is 0 Å². The number of carbonyl (C=O) groups is 1. The van der Waals surface area contributed by atoms with E-state index in [2.05, 4.69) is 5.16 Å². The van der Waals surface area contributed by atoms with Crippen molar-refractivity contribution in [3.8, 4) is 0 Å². The molecule has 1 aliphatic heterocycles. The summed E-state index contributed by atoms with van der Waals surface area (Å²) in [5.74, 6) is 0.221. The van der Waals surface area contributed by atoms with Gasteiger partial charge < -0.3 is 9.42 Å². The van der Waals surface area contributed by atoms with E-state index in [1.165, 1.54) is 4.90 Å². The number of amides is 1. The van der Waals surface area contributed by atoms with Crippen molar-refractivity contribution < 1.29 is 17.7 Å². The quantitative estimate of drug-likeness (QED) is 0.839. The Hall–Kier alpha value is -2.15. The molecular formula is C16H18N2O4S. The molecule has 0 spiro atoms. The SMILES string of the molecule is Cc1cc(C(=O)N2CCC(c3ccccc3)S(=O)(=O)CC2)no1. The van der Waals surface area contributed by atoms with Crippen molar-refractivity contribution in [1.29, 1.82) is 0 Å². The van der Waals surface area contributed by atoms with Crippen LogP contribution >= 0.6 is 0 Å². The number of hydrogen-bond donors (Lipinski definition) is 0. The van der Waals surface area contributed by atoms with Crippen LogP contribution in [0.1, 0.15) is 33.5 Å². The number of aryl methyl sites for hydroxylation is 1. The Balaban J connectivity index is 1.81. The minimum absolute atomic E-state index is 0.0465. The molecule has 6 nitrogen and oxygen atoms in total. The average molecular weight is 334 g/mol. The number of hydrogen-bond acceptors (Lipinski definition) is 5. The van der Waals surface area contributed by atoms with E-state index in [9.17, 15) is 13.2 Å². The Morgan fingerprint density at radius 1 is 1.26 bits per heavy atom. The summed E-state index contributed by atoms with van der Waals surface area (Å²) in [5, 5.41) is 3.15. The lowest BCUT2D eigenvalue weighted by Gasteiger charge is -2.18. The van der Waals surface area contributed by atoms with Gasteiger partial charge in [0.1, 0.15) is 5.76 Å². The summed E-state index contributed by atoms with van der Waals surface area (Å²) in [6.45, 7) is 2.27. The highest BCUT2D eigenvalue weighted by molar-refractivity contribution is 7.91. The fraction of sp³-hybridized carbons (Fsp3) is 0.375. The molecule has 122 valence electrons. The molecule has 1 fully saturated rings. The van der Waals surface area contributed by atoms with Gasteiger partial charge in [-0.3, -0.25) is 4.79 Å². The molecule has 0 aliphatic carbocycles. The first-order chi connectivity index (χ1) is 11.0. The number of aromatic nitrogens is 1. The summed E-state index contributed by atoms with van der Waals surface area (Å²) in [4.78, 5) is 14.0. The van der Waals surface area contributed by atoms with Crippen molar-refractivity contribution in [2.45, 2.75) is 18.6 Å². The van der Waals surface area contributed by atoms with E-state index in [0.717, 1.165) is 5.56 Å². The van der Waals surface area contributed by atoms with Gasteiger partial charge in [0.25, 0.3) is 5.91 Å². The molecule has 1 atom stereocenters. The standard InChI is InChI=1S/C16H18N2O4S/c1-12-11-14(17-22-12)16(19)18-8-7-15(23(20,21)10-9-18)13-5-3-2-4-6-13/h2-6,11,15H,7-10H2,1H3. The molecule has 0 saturated carbocycles. The van der Waals surface area contributed by atoms with Gasteiger partial charge in [0.15, 0.2) is 15.5 Å². The number of sulfone groups is 1. The fourth-order valence-electron chi connectivity index (χ4n) is 2.82. The topological polar surface area (TPSA) is 80.5 Å². The summed E-state index contributed by atoms with van der Waals surface area (Å²) >= 11 is 0. The first-order valence-corrected chi connectivity index (χ1v) is 9.18. The summed E-state index contributed by atoms with van der Waals surface area (Å²) in [5.41, 5.74) is 0.997. The molecule has 0 radical (unpaired) electrons. The zero-order chi connectivity index (χ0) is 16.4. The van der Waals surface area contributed by atoms with Crippen LogP contribution in [0.3, 0.4) is 0 Å². The molecule has 2 heterocycles. The van der Waals surface area contributed by atoms with Crippen LogP contribution in [0.15, 0.2) is 40.9 Å². The van der Waals surface area contributed by atoms with E-state index in [0.29, 0.717) is 18.7 Å². The molecule has 7 heteroatoms. The second-order valence-corrected chi connectivity index (χ2v) is 7.97. The molecule has 0 N–H and O–H groups in total. The van der Waals surface area contributed by atoms with Gasteiger partial charge in [0, 0.05) is 19.2 Å². The van der Waals surface area contributed by atoms with Crippen LogP contribution < -0.4 is 0 Å². The van der Waals surface area contributed by atoms with Crippen LogP contribution in [-0.2, 0) is 9.84 Å². The molecule has 1 unspecified atom stereocenters. The van der Waals surface area contributed by atoms with E-state index in [-0.39, 0.29) is 23.9 Å². The van der Waals surface area contributed by atoms with Crippen LogP contribution in [0, 0.1) is 6.92 Å². The normalized spacial score (nSPS) is 20.9. The van der Waals surface area contributed by atoms with Crippen LogP contribution in [0.4, 0.5) is 0 Å². The summed E-state index contributed by atoms with van der Waals surface area (Å²) in [6.07, 6.45) is 0.384. The lowest BCUT2D eigenvalue weighted by molar-refractivity contribution is 0.0756. The predicted octanol–water partition coefficient (Wildman–Crippen LogP) is 1.99.